The first-order valence-electron chi connectivity index (χ1n) is 7.91. The molecule has 1 N–H and O–H groups in total. The van der Waals surface area contributed by atoms with Gasteiger partial charge in [-0.3, -0.25) is 14.9 Å². The highest BCUT2D eigenvalue weighted by Crippen LogP contribution is 2.37. The molecule has 2 aliphatic rings. The van der Waals surface area contributed by atoms with Crippen LogP contribution in [0.5, 0.6) is 23.0 Å². The second kappa shape index (κ2) is 6.83. The number of amides is 1. The molecule has 0 bridgehead atoms. The van der Waals surface area contributed by atoms with Crippen molar-refractivity contribution in [1.82, 2.24) is 5.43 Å². The highest BCUT2D eigenvalue weighted by Gasteiger charge is 2.27. The van der Waals surface area contributed by atoms with Crippen LogP contribution < -0.4 is 24.4 Å². The maximum absolute atomic E-state index is 12.2. The highest BCUT2D eigenvalue weighted by atomic mass is 16.7. The van der Waals surface area contributed by atoms with Gasteiger partial charge in [0.1, 0.15) is 6.61 Å². The molecule has 2 heterocycles. The number of ether oxygens (including phenoxy) is 4. The zero-order valence-corrected chi connectivity index (χ0v) is 13.8. The van der Waals surface area contributed by atoms with Crippen LogP contribution in [0.25, 0.3) is 0 Å². The number of hydrazone groups is 1. The Hall–Kier alpha value is -3.82. The largest absolute Gasteiger partial charge is 0.485 e. The van der Waals surface area contributed by atoms with Crippen LogP contribution >= 0.6 is 0 Å². The summed E-state index contributed by atoms with van der Waals surface area (Å²) in [7, 11) is 0. The first-order chi connectivity index (χ1) is 13.1. The molecule has 0 aliphatic carbocycles. The summed E-state index contributed by atoms with van der Waals surface area (Å²) < 4.78 is 21.4. The lowest BCUT2D eigenvalue weighted by atomic mass is 10.1. The lowest BCUT2D eigenvalue weighted by Crippen LogP contribution is -2.42. The van der Waals surface area contributed by atoms with Gasteiger partial charge in [0.05, 0.1) is 22.8 Å². The lowest BCUT2D eigenvalue weighted by molar-refractivity contribution is -0.385. The van der Waals surface area contributed by atoms with Gasteiger partial charge in [0.15, 0.2) is 23.0 Å². The Labute approximate surface area is 152 Å². The molecule has 0 saturated carbocycles. The highest BCUT2D eigenvalue weighted by molar-refractivity contribution is 5.89. The monoisotopic (exact) mass is 371 g/mol. The molecule has 2 aliphatic heterocycles. The van der Waals surface area contributed by atoms with Crippen LogP contribution in [-0.2, 0) is 4.79 Å². The van der Waals surface area contributed by atoms with E-state index >= 15 is 0 Å². The van der Waals surface area contributed by atoms with Crippen molar-refractivity contribution in [1.29, 1.82) is 0 Å². The number of hydrogen-bond donors (Lipinski definition) is 1. The smallest absolute Gasteiger partial charge is 0.284 e. The minimum atomic E-state index is -0.885. The van der Waals surface area contributed by atoms with Crippen LogP contribution in [0.4, 0.5) is 5.69 Å². The fourth-order valence-corrected chi connectivity index (χ4v) is 2.59. The standard InChI is InChI=1S/C17H13N3O7/c21-17(16-8-24-12-3-1-2-4-13(12)27-16)19-18-7-10-5-14-15(26-9-25-14)6-11(10)20(22)23/h1-7,16H,8-9H2,(H,19,21)/b18-7+. The van der Waals surface area contributed by atoms with Crippen molar-refractivity contribution in [3.05, 3.63) is 52.1 Å². The number of nitro groups is 1. The maximum atomic E-state index is 12.2. The number of nitrogens with one attached hydrogen (secondary N) is 1. The second-order valence-corrected chi connectivity index (χ2v) is 5.62. The number of nitro benzene ring substituents is 1. The molecular formula is C17H13N3O7. The molecule has 10 heteroatoms. The molecule has 0 spiro atoms. The molecule has 27 heavy (non-hydrogen) atoms. The predicted molar refractivity (Wildman–Crippen MR) is 91.3 cm³/mol. The van der Waals surface area contributed by atoms with Crippen molar-refractivity contribution < 1.29 is 28.7 Å². The normalized spacial score (nSPS) is 17.0. The van der Waals surface area contributed by atoms with Gasteiger partial charge in [-0.25, -0.2) is 5.43 Å². The quantitative estimate of drug-likeness (QED) is 0.492. The number of carbonyl (C=O) groups is 1. The van der Waals surface area contributed by atoms with Gasteiger partial charge in [-0.2, -0.15) is 5.10 Å². The van der Waals surface area contributed by atoms with E-state index < -0.39 is 16.9 Å². The van der Waals surface area contributed by atoms with Gasteiger partial charge < -0.3 is 18.9 Å². The average Bonchev–Trinajstić information content (AvgIpc) is 3.14. The number of nitrogens with zero attached hydrogens (tertiary/aromatic N) is 2. The van der Waals surface area contributed by atoms with Gasteiger partial charge in [-0.05, 0) is 18.2 Å². The van der Waals surface area contributed by atoms with E-state index in [0.29, 0.717) is 17.2 Å². The number of hydrogen-bond acceptors (Lipinski definition) is 8. The molecule has 2 aromatic carbocycles. The Balaban J connectivity index is 1.45. The molecule has 0 fully saturated rings. The van der Waals surface area contributed by atoms with Crippen molar-refractivity contribution in [2.75, 3.05) is 13.4 Å². The Morgan fingerprint density at radius 2 is 1.89 bits per heavy atom. The van der Waals surface area contributed by atoms with E-state index in [4.69, 9.17) is 18.9 Å². The second-order valence-electron chi connectivity index (χ2n) is 5.62. The van der Waals surface area contributed by atoms with Crippen molar-refractivity contribution in [3.8, 4) is 23.0 Å². The fourth-order valence-electron chi connectivity index (χ4n) is 2.59. The van der Waals surface area contributed by atoms with E-state index in [1.807, 2.05) is 0 Å². The van der Waals surface area contributed by atoms with Gasteiger partial charge in [0.25, 0.3) is 11.6 Å². The summed E-state index contributed by atoms with van der Waals surface area (Å²) in [6, 6.07) is 9.66. The Morgan fingerprint density at radius 1 is 1.15 bits per heavy atom. The average molecular weight is 371 g/mol. The van der Waals surface area contributed by atoms with Crippen molar-refractivity contribution >= 4 is 17.8 Å². The molecule has 2 aromatic rings. The Kier molecular flexibility index (Phi) is 4.21. The van der Waals surface area contributed by atoms with Crippen LogP contribution in [0.1, 0.15) is 5.56 Å². The van der Waals surface area contributed by atoms with Gasteiger partial charge >= 0.3 is 0 Å². The van der Waals surface area contributed by atoms with E-state index in [1.165, 1.54) is 12.1 Å². The summed E-state index contributed by atoms with van der Waals surface area (Å²) in [6.45, 7) is 0.0207. The molecule has 0 radical (unpaired) electrons. The summed E-state index contributed by atoms with van der Waals surface area (Å²) in [5, 5.41) is 15.0. The topological polar surface area (TPSA) is 122 Å². The van der Waals surface area contributed by atoms with Crippen molar-refractivity contribution in [2.45, 2.75) is 6.10 Å². The Bertz CT molecular complexity index is 944. The van der Waals surface area contributed by atoms with E-state index in [9.17, 15) is 14.9 Å². The molecular weight excluding hydrogens is 358 g/mol. The zero-order chi connectivity index (χ0) is 18.8. The van der Waals surface area contributed by atoms with Gasteiger partial charge in [0, 0.05) is 0 Å². The number of fused-ring (bicyclic) bond motifs is 2. The summed E-state index contributed by atoms with van der Waals surface area (Å²) in [6.07, 6.45) is 0.277. The van der Waals surface area contributed by atoms with E-state index in [2.05, 4.69) is 10.5 Å². The zero-order valence-electron chi connectivity index (χ0n) is 13.8. The van der Waals surface area contributed by atoms with Crippen LogP contribution in [0.3, 0.4) is 0 Å². The molecule has 1 amide bonds. The molecule has 1 atom stereocenters. The molecule has 1 unspecified atom stereocenters. The third-order valence-electron chi connectivity index (χ3n) is 3.90. The summed E-state index contributed by atoms with van der Waals surface area (Å²) in [5.41, 5.74) is 2.24. The fraction of sp³-hybridized carbons (Fsp3) is 0.176. The number of rotatable bonds is 4. The van der Waals surface area contributed by atoms with E-state index in [-0.39, 0.29) is 30.4 Å². The maximum Gasteiger partial charge on any atom is 0.284 e. The molecule has 138 valence electrons. The summed E-state index contributed by atoms with van der Waals surface area (Å²) >= 11 is 0. The first-order valence-corrected chi connectivity index (χ1v) is 7.91. The van der Waals surface area contributed by atoms with Crippen LogP contribution in [0.2, 0.25) is 0 Å². The van der Waals surface area contributed by atoms with Crippen LogP contribution in [0, 0.1) is 10.1 Å². The van der Waals surface area contributed by atoms with E-state index in [0.717, 1.165) is 6.21 Å². The van der Waals surface area contributed by atoms with E-state index in [1.54, 1.807) is 24.3 Å². The molecule has 4 rings (SSSR count). The molecule has 0 aromatic heterocycles. The van der Waals surface area contributed by atoms with Gasteiger partial charge in [0.2, 0.25) is 12.9 Å². The predicted octanol–water partition coefficient (Wildman–Crippen LogP) is 1.61. The van der Waals surface area contributed by atoms with Crippen LogP contribution in [0.15, 0.2) is 41.5 Å². The van der Waals surface area contributed by atoms with Gasteiger partial charge in [-0.1, -0.05) is 12.1 Å². The number of carbonyl (C=O) groups excluding carboxylic acids is 1. The number of para-hydroxylation sites is 2. The summed E-state index contributed by atoms with van der Waals surface area (Å²) in [5.74, 6) is 1.13. The van der Waals surface area contributed by atoms with Crippen LogP contribution in [-0.4, -0.2) is 36.5 Å². The minimum absolute atomic E-state index is 0.00961. The summed E-state index contributed by atoms with van der Waals surface area (Å²) in [4.78, 5) is 22.8. The SMILES string of the molecule is O=C(N/N=C/c1cc2c(cc1[N+](=O)[O-])OCO2)C1COc2ccccc2O1. The third-order valence-corrected chi connectivity index (χ3v) is 3.90. The van der Waals surface area contributed by atoms with Crippen molar-refractivity contribution in [3.63, 3.8) is 0 Å². The lowest BCUT2D eigenvalue weighted by Gasteiger charge is -2.24. The minimum Gasteiger partial charge on any atom is -0.485 e. The molecule has 0 saturated heterocycles. The van der Waals surface area contributed by atoms with Gasteiger partial charge in [-0.15, -0.1) is 0 Å². The molecule has 10 nitrogen and oxygen atoms in total. The first kappa shape index (κ1) is 16.6. The third kappa shape index (κ3) is 3.32. The van der Waals surface area contributed by atoms with Crippen molar-refractivity contribution in [2.24, 2.45) is 5.10 Å². The Morgan fingerprint density at radius 3 is 2.67 bits per heavy atom. The number of benzene rings is 2.